The average molecular weight is 339 g/mol. The summed E-state index contributed by atoms with van der Waals surface area (Å²) in [6.07, 6.45) is -4.68. The number of nitrogens with two attached hydrogens (primary N) is 1. The van der Waals surface area contributed by atoms with Crippen LogP contribution in [0, 0.1) is 0 Å². The molecule has 126 valence electrons. The predicted octanol–water partition coefficient (Wildman–Crippen LogP) is 2.14. The molecule has 0 aromatic carbocycles. The van der Waals surface area contributed by atoms with Gasteiger partial charge < -0.3 is 10.7 Å². The van der Waals surface area contributed by atoms with Crippen molar-refractivity contribution in [2.45, 2.75) is 63.3 Å². The SMILES string of the molecule is CC(Sc1nnc(C(F)(F)F)n1N)C(=O)N(C(C)C)C(C)C. The van der Waals surface area contributed by atoms with Gasteiger partial charge in [0.15, 0.2) is 0 Å². The van der Waals surface area contributed by atoms with E-state index >= 15 is 0 Å². The molecule has 0 saturated carbocycles. The number of thioether (sulfide) groups is 1. The molecule has 22 heavy (non-hydrogen) atoms. The molecule has 0 aliphatic heterocycles. The molecule has 6 nitrogen and oxygen atoms in total. The van der Waals surface area contributed by atoms with Gasteiger partial charge >= 0.3 is 6.18 Å². The van der Waals surface area contributed by atoms with Crippen molar-refractivity contribution in [2.24, 2.45) is 0 Å². The maximum atomic E-state index is 12.6. The van der Waals surface area contributed by atoms with Crippen molar-refractivity contribution in [1.82, 2.24) is 19.8 Å². The fourth-order valence-electron chi connectivity index (χ4n) is 2.07. The molecule has 1 aromatic heterocycles. The first-order chi connectivity index (χ1) is 9.96. The van der Waals surface area contributed by atoms with Gasteiger partial charge in [-0.2, -0.15) is 13.2 Å². The maximum absolute atomic E-state index is 12.6. The van der Waals surface area contributed by atoms with Crippen molar-refractivity contribution >= 4 is 17.7 Å². The van der Waals surface area contributed by atoms with E-state index in [9.17, 15) is 18.0 Å². The number of carbonyl (C=O) groups is 1. The minimum Gasteiger partial charge on any atom is -0.337 e. The molecule has 0 aliphatic rings. The quantitative estimate of drug-likeness (QED) is 0.657. The molecule has 0 radical (unpaired) electrons. The molecular weight excluding hydrogens is 319 g/mol. The van der Waals surface area contributed by atoms with Crippen molar-refractivity contribution < 1.29 is 18.0 Å². The Morgan fingerprint density at radius 1 is 1.18 bits per heavy atom. The summed E-state index contributed by atoms with van der Waals surface area (Å²) in [5, 5.41) is 5.67. The first kappa shape index (κ1) is 18.6. The number of rotatable bonds is 5. The second-order valence-electron chi connectivity index (χ2n) is 5.37. The molecule has 0 saturated heterocycles. The molecule has 1 rings (SSSR count). The predicted molar refractivity (Wildman–Crippen MR) is 77.6 cm³/mol. The summed E-state index contributed by atoms with van der Waals surface area (Å²) in [5.41, 5.74) is 0. The van der Waals surface area contributed by atoms with E-state index in [4.69, 9.17) is 5.84 Å². The van der Waals surface area contributed by atoms with Crippen molar-refractivity contribution in [3.63, 3.8) is 0 Å². The summed E-state index contributed by atoms with van der Waals surface area (Å²) in [5.74, 6) is 3.88. The molecule has 0 aliphatic carbocycles. The summed E-state index contributed by atoms with van der Waals surface area (Å²) >= 11 is 0.852. The van der Waals surface area contributed by atoms with E-state index in [-0.39, 0.29) is 23.1 Å². The van der Waals surface area contributed by atoms with E-state index in [2.05, 4.69) is 10.2 Å². The van der Waals surface area contributed by atoms with E-state index in [0.717, 1.165) is 11.8 Å². The third-order valence-electron chi connectivity index (χ3n) is 2.92. The number of nitrogen functional groups attached to an aromatic ring is 1. The highest BCUT2D eigenvalue weighted by molar-refractivity contribution is 8.00. The average Bonchev–Trinajstić information content (AvgIpc) is 2.69. The van der Waals surface area contributed by atoms with Gasteiger partial charge in [-0.1, -0.05) is 11.8 Å². The normalized spacial score (nSPS) is 13.7. The lowest BCUT2D eigenvalue weighted by atomic mass is 10.2. The topological polar surface area (TPSA) is 77.0 Å². The van der Waals surface area contributed by atoms with Gasteiger partial charge in [0.1, 0.15) is 0 Å². The second kappa shape index (κ2) is 6.76. The number of nitrogens with zero attached hydrogens (tertiary/aromatic N) is 4. The molecule has 1 unspecified atom stereocenters. The van der Waals surface area contributed by atoms with Crippen LogP contribution < -0.4 is 5.84 Å². The Labute approximate surface area is 131 Å². The molecular formula is C12H20F3N5OS. The van der Waals surface area contributed by atoms with Crippen LogP contribution in [0.25, 0.3) is 0 Å². The van der Waals surface area contributed by atoms with E-state index in [1.807, 2.05) is 27.7 Å². The van der Waals surface area contributed by atoms with Crippen molar-refractivity contribution in [3.8, 4) is 0 Å². The summed E-state index contributed by atoms with van der Waals surface area (Å²) in [4.78, 5) is 14.1. The van der Waals surface area contributed by atoms with Gasteiger partial charge in [-0.3, -0.25) is 4.79 Å². The van der Waals surface area contributed by atoms with Gasteiger partial charge in [-0.15, -0.1) is 10.2 Å². The lowest BCUT2D eigenvalue weighted by molar-refractivity contribution is -0.146. The van der Waals surface area contributed by atoms with E-state index in [1.165, 1.54) is 0 Å². The first-order valence-electron chi connectivity index (χ1n) is 6.73. The first-order valence-corrected chi connectivity index (χ1v) is 7.61. The van der Waals surface area contributed by atoms with Crippen LogP contribution in [0.5, 0.6) is 0 Å². The summed E-state index contributed by atoms with van der Waals surface area (Å²) < 4.78 is 38.2. The van der Waals surface area contributed by atoms with Crippen molar-refractivity contribution in [2.75, 3.05) is 5.84 Å². The number of alkyl halides is 3. The lowest BCUT2D eigenvalue weighted by Crippen LogP contribution is -2.45. The summed E-state index contributed by atoms with van der Waals surface area (Å²) in [6.45, 7) is 9.11. The minimum atomic E-state index is -4.68. The fourth-order valence-corrected chi connectivity index (χ4v) is 2.90. The van der Waals surface area contributed by atoms with Gasteiger partial charge in [0.25, 0.3) is 5.82 Å². The van der Waals surface area contributed by atoms with E-state index in [1.54, 1.807) is 11.8 Å². The Hall–Kier alpha value is -1.45. The van der Waals surface area contributed by atoms with E-state index in [0.29, 0.717) is 4.68 Å². The zero-order valence-corrected chi connectivity index (χ0v) is 13.9. The third kappa shape index (κ3) is 4.05. The van der Waals surface area contributed by atoms with Gasteiger partial charge in [0, 0.05) is 12.1 Å². The maximum Gasteiger partial charge on any atom is 0.453 e. The highest BCUT2D eigenvalue weighted by Gasteiger charge is 2.39. The fraction of sp³-hybridized carbons (Fsp3) is 0.750. The van der Waals surface area contributed by atoms with Gasteiger partial charge in [-0.05, 0) is 34.6 Å². The molecule has 1 atom stereocenters. The summed E-state index contributed by atoms with van der Waals surface area (Å²) in [6, 6.07) is -0.0333. The Morgan fingerprint density at radius 3 is 2.05 bits per heavy atom. The van der Waals surface area contributed by atoms with Crippen LogP contribution in [0.1, 0.15) is 40.4 Å². The molecule has 1 aromatic rings. The van der Waals surface area contributed by atoms with Crippen LogP contribution in [0.15, 0.2) is 5.16 Å². The van der Waals surface area contributed by atoms with Crippen LogP contribution in [0.4, 0.5) is 13.2 Å². The zero-order chi connectivity index (χ0) is 17.2. The highest BCUT2D eigenvalue weighted by Crippen LogP contribution is 2.30. The smallest absolute Gasteiger partial charge is 0.337 e. The van der Waals surface area contributed by atoms with Crippen LogP contribution >= 0.6 is 11.8 Å². The largest absolute Gasteiger partial charge is 0.453 e. The Balaban J connectivity index is 2.91. The van der Waals surface area contributed by atoms with Gasteiger partial charge in [0.05, 0.1) is 5.25 Å². The lowest BCUT2D eigenvalue weighted by Gasteiger charge is -2.32. The monoisotopic (exact) mass is 339 g/mol. The zero-order valence-electron chi connectivity index (χ0n) is 13.0. The molecule has 1 heterocycles. The minimum absolute atomic E-state index is 0.0166. The Kier molecular flexibility index (Phi) is 5.71. The number of aromatic nitrogens is 3. The van der Waals surface area contributed by atoms with Crippen LogP contribution in [0.2, 0.25) is 0 Å². The number of hydrogen-bond donors (Lipinski definition) is 1. The standard InChI is InChI=1S/C12H20F3N5OS/c1-6(2)19(7(3)4)9(21)8(5)22-11-18-17-10(20(11)16)12(13,14)15/h6-8H,16H2,1-5H3. The molecule has 2 N–H and O–H groups in total. The Morgan fingerprint density at radius 2 is 1.68 bits per heavy atom. The second-order valence-corrected chi connectivity index (χ2v) is 6.67. The van der Waals surface area contributed by atoms with Gasteiger partial charge in [-0.25, -0.2) is 4.68 Å². The van der Waals surface area contributed by atoms with Crippen molar-refractivity contribution in [1.29, 1.82) is 0 Å². The van der Waals surface area contributed by atoms with Crippen molar-refractivity contribution in [3.05, 3.63) is 5.82 Å². The van der Waals surface area contributed by atoms with Crippen LogP contribution in [-0.4, -0.2) is 43.0 Å². The summed E-state index contributed by atoms with van der Waals surface area (Å²) in [7, 11) is 0. The molecule has 0 bridgehead atoms. The number of hydrogen-bond acceptors (Lipinski definition) is 5. The molecule has 1 amide bonds. The van der Waals surface area contributed by atoms with Crippen LogP contribution in [0.3, 0.4) is 0 Å². The van der Waals surface area contributed by atoms with E-state index < -0.39 is 17.3 Å². The Bertz CT molecular complexity index is 521. The highest BCUT2D eigenvalue weighted by atomic mass is 32.2. The molecule has 0 spiro atoms. The number of halogens is 3. The van der Waals surface area contributed by atoms with Gasteiger partial charge in [0.2, 0.25) is 11.1 Å². The number of carbonyl (C=O) groups excluding carboxylic acids is 1. The molecule has 0 fully saturated rings. The number of amides is 1. The third-order valence-corrected chi connectivity index (χ3v) is 3.96. The molecule has 10 heteroatoms. The van der Waals surface area contributed by atoms with Crippen LogP contribution in [-0.2, 0) is 11.0 Å².